The van der Waals surface area contributed by atoms with Gasteiger partial charge in [0.1, 0.15) is 12.1 Å². The number of hydrogen-bond acceptors (Lipinski definition) is 6. The topological polar surface area (TPSA) is 122 Å². The Hall–Kier alpha value is -1.68. The Bertz CT molecular complexity index is 708. The van der Waals surface area contributed by atoms with Crippen LogP contribution in [0.1, 0.15) is 66.2 Å². The first kappa shape index (κ1) is 25.6. The van der Waals surface area contributed by atoms with Crippen LogP contribution in [0.25, 0.3) is 0 Å². The van der Waals surface area contributed by atoms with Gasteiger partial charge in [-0.1, -0.05) is 12.8 Å². The van der Waals surface area contributed by atoms with Gasteiger partial charge in [-0.2, -0.15) is 0 Å². The highest BCUT2D eigenvalue weighted by Crippen LogP contribution is 2.53. The third-order valence-electron chi connectivity index (χ3n) is 6.26. The number of hydrogen-bond donors (Lipinski definition) is 2. The molecule has 0 aromatic rings. The molecule has 0 saturated carbocycles. The van der Waals surface area contributed by atoms with E-state index in [2.05, 4.69) is 5.32 Å². The Morgan fingerprint density at radius 2 is 1.97 bits per heavy atom. The molecule has 0 aromatic carbocycles. The summed E-state index contributed by atoms with van der Waals surface area (Å²) < 4.78 is 31.1. The van der Waals surface area contributed by atoms with Crippen LogP contribution in [0.15, 0.2) is 0 Å². The first-order chi connectivity index (χ1) is 14.4. The molecule has 2 saturated heterocycles. The lowest BCUT2D eigenvalue weighted by Crippen LogP contribution is -2.46. The molecular weight excluding hydrogens is 424 g/mol. The lowest BCUT2D eigenvalue weighted by atomic mass is 9.62. The van der Waals surface area contributed by atoms with Crippen molar-refractivity contribution in [2.75, 3.05) is 32.0 Å². The van der Waals surface area contributed by atoms with Gasteiger partial charge >= 0.3 is 12.1 Å². The Morgan fingerprint density at radius 3 is 2.61 bits per heavy atom. The molecule has 9 nitrogen and oxygen atoms in total. The number of esters is 1. The fourth-order valence-electron chi connectivity index (χ4n) is 4.61. The molecule has 178 valence electrons. The molecule has 1 unspecified atom stereocenters. The van der Waals surface area contributed by atoms with E-state index in [1.807, 2.05) is 6.92 Å². The first-order valence-electron chi connectivity index (χ1n) is 10.9. The average molecular weight is 461 g/mol. The second kappa shape index (κ2) is 10.3. The SMILES string of the molecule is CC(C)(C)OC(=O)NCC(=O)N1C[C@@]2(CCCS(=O)O)CCCCCOC(=O)[C@]2(C)C1. The van der Waals surface area contributed by atoms with Crippen molar-refractivity contribution in [3.05, 3.63) is 0 Å². The summed E-state index contributed by atoms with van der Waals surface area (Å²) in [6.07, 6.45) is 3.71. The van der Waals surface area contributed by atoms with Gasteiger partial charge in [-0.15, -0.1) is 0 Å². The number of likely N-dealkylation sites (tertiary alicyclic amines) is 1. The van der Waals surface area contributed by atoms with Crippen LogP contribution in [0.2, 0.25) is 0 Å². The summed E-state index contributed by atoms with van der Waals surface area (Å²) in [6.45, 7) is 7.74. The summed E-state index contributed by atoms with van der Waals surface area (Å²) in [6, 6.07) is 0. The maximum Gasteiger partial charge on any atom is 0.408 e. The fraction of sp³-hybridized carbons (Fsp3) is 0.857. The molecule has 10 heteroatoms. The number of carbonyl (C=O) groups excluding carboxylic acids is 3. The Labute approximate surface area is 186 Å². The molecule has 2 aliphatic heterocycles. The predicted molar refractivity (Wildman–Crippen MR) is 116 cm³/mol. The van der Waals surface area contributed by atoms with Crippen LogP contribution in [0.3, 0.4) is 0 Å². The number of amides is 2. The van der Waals surface area contributed by atoms with Gasteiger partial charge in [0.15, 0.2) is 11.1 Å². The zero-order valence-electron chi connectivity index (χ0n) is 19.0. The summed E-state index contributed by atoms with van der Waals surface area (Å²) in [7, 11) is 0. The molecule has 2 fully saturated rings. The van der Waals surface area contributed by atoms with Crippen LogP contribution in [-0.2, 0) is 30.1 Å². The van der Waals surface area contributed by atoms with Crippen molar-refractivity contribution in [1.82, 2.24) is 10.2 Å². The van der Waals surface area contributed by atoms with E-state index in [1.165, 1.54) is 0 Å². The molecule has 2 N–H and O–H groups in total. The molecule has 0 radical (unpaired) electrons. The summed E-state index contributed by atoms with van der Waals surface area (Å²) in [4.78, 5) is 39.5. The standard InChI is InChI=1S/C21H36N2O7S/c1-19(2,3)30-18(26)22-13-16(24)23-14-20(4)17(25)29-11-7-5-6-9-21(20,15-23)10-8-12-31(27)28/h5-15H2,1-4H3,(H,22,26)(H,27,28)/t20-,21-/m0/s1. The number of nitrogens with zero attached hydrogens (tertiary/aromatic N) is 1. The second-order valence-corrected chi connectivity index (χ2v) is 10.8. The largest absolute Gasteiger partial charge is 0.465 e. The number of fused-ring (bicyclic) bond motifs is 1. The lowest BCUT2D eigenvalue weighted by molar-refractivity contribution is -0.160. The van der Waals surface area contributed by atoms with Crippen molar-refractivity contribution in [3.63, 3.8) is 0 Å². The van der Waals surface area contributed by atoms with Crippen LogP contribution in [0.5, 0.6) is 0 Å². The Kier molecular flexibility index (Phi) is 8.49. The maximum atomic E-state index is 13.1. The quantitative estimate of drug-likeness (QED) is 0.461. The fourth-order valence-corrected chi connectivity index (χ4v) is 5.00. The molecule has 2 aliphatic rings. The molecule has 0 spiro atoms. The predicted octanol–water partition coefficient (Wildman–Crippen LogP) is 2.47. The molecule has 2 amide bonds. The van der Waals surface area contributed by atoms with E-state index < -0.39 is 33.6 Å². The molecule has 0 aromatic heterocycles. The van der Waals surface area contributed by atoms with Crippen molar-refractivity contribution < 1.29 is 32.6 Å². The van der Waals surface area contributed by atoms with E-state index in [9.17, 15) is 23.1 Å². The molecule has 31 heavy (non-hydrogen) atoms. The Morgan fingerprint density at radius 1 is 1.26 bits per heavy atom. The molecular formula is C21H36N2O7S. The zero-order valence-corrected chi connectivity index (χ0v) is 19.8. The summed E-state index contributed by atoms with van der Waals surface area (Å²) >= 11 is -1.91. The van der Waals surface area contributed by atoms with E-state index >= 15 is 0 Å². The number of alkyl carbamates (subject to hydrolysis) is 1. The third kappa shape index (κ3) is 6.65. The van der Waals surface area contributed by atoms with Gasteiger partial charge in [0.25, 0.3) is 0 Å². The van der Waals surface area contributed by atoms with Crippen LogP contribution in [-0.4, -0.2) is 69.2 Å². The molecule has 3 atom stereocenters. The normalized spacial score (nSPS) is 27.9. The van der Waals surface area contributed by atoms with Gasteiger partial charge in [0.2, 0.25) is 5.91 Å². The van der Waals surface area contributed by atoms with Crippen LogP contribution in [0.4, 0.5) is 4.79 Å². The molecule has 0 bridgehead atoms. The number of ether oxygens (including phenoxy) is 2. The highest BCUT2D eigenvalue weighted by molar-refractivity contribution is 7.79. The summed E-state index contributed by atoms with van der Waals surface area (Å²) in [5, 5.41) is 2.48. The van der Waals surface area contributed by atoms with Crippen molar-refractivity contribution in [1.29, 1.82) is 0 Å². The Balaban J connectivity index is 2.17. The number of nitrogens with one attached hydrogen (secondary N) is 1. The highest BCUT2D eigenvalue weighted by atomic mass is 32.2. The first-order valence-corrected chi connectivity index (χ1v) is 12.2. The summed E-state index contributed by atoms with van der Waals surface area (Å²) in [5.74, 6) is -0.495. The smallest absolute Gasteiger partial charge is 0.408 e. The van der Waals surface area contributed by atoms with Gasteiger partial charge in [0, 0.05) is 24.3 Å². The summed E-state index contributed by atoms with van der Waals surface area (Å²) in [5.41, 5.74) is -2.11. The van der Waals surface area contributed by atoms with Crippen LogP contribution in [0, 0.1) is 10.8 Å². The minimum absolute atomic E-state index is 0.126. The van der Waals surface area contributed by atoms with Crippen LogP contribution >= 0.6 is 0 Å². The van der Waals surface area contributed by atoms with E-state index in [0.29, 0.717) is 26.0 Å². The second-order valence-electron chi connectivity index (χ2n) is 9.79. The minimum atomic E-state index is -1.91. The monoisotopic (exact) mass is 460 g/mol. The highest BCUT2D eigenvalue weighted by Gasteiger charge is 2.60. The lowest BCUT2D eigenvalue weighted by Gasteiger charge is -2.40. The zero-order chi connectivity index (χ0) is 23.3. The van der Waals surface area contributed by atoms with E-state index in [-0.39, 0.29) is 30.7 Å². The molecule has 2 rings (SSSR count). The van der Waals surface area contributed by atoms with Crippen LogP contribution < -0.4 is 5.32 Å². The van der Waals surface area contributed by atoms with E-state index in [4.69, 9.17) is 9.47 Å². The van der Waals surface area contributed by atoms with E-state index in [0.717, 1.165) is 25.7 Å². The third-order valence-corrected chi connectivity index (χ3v) is 6.90. The van der Waals surface area contributed by atoms with Crippen molar-refractivity contribution in [2.24, 2.45) is 10.8 Å². The van der Waals surface area contributed by atoms with Crippen molar-refractivity contribution in [2.45, 2.75) is 71.8 Å². The molecule has 2 heterocycles. The van der Waals surface area contributed by atoms with E-state index in [1.54, 1.807) is 25.7 Å². The minimum Gasteiger partial charge on any atom is -0.465 e. The number of carbonyl (C=O) groups is 3. The molecule has 0 aliphatic carbocycles. The number of cyclic esters (lactones) is 1. The van der Waals surface area contributed by atoms with Crippen molar-refractivity contribution >= 4 is 29.1 Å². The van der Waals surface area contributed by atoms with Gasteiger partial charge < -0.3 is 24.2 Å². The average Bonchev–Trinajstić information content (AvgIpc) is 2.96. The number of rotatable bonds is 6. The van der Waals surface area contributed by atoms with Gasteiger partial charge in [-0.05, 0) is 53.4 Å². The van der Waals surface area contributed by atoms with Crippen molar-refractivity contribution in [3.8, 4) is 0 Å². The van der Waals surface area contributed by atoms with Gasteiger partial charge in [0.05, 0.1) is 12.0 Å². The van der Waals surface area contributed by atoms with Gasteiger partial charge in [-0.25, -0.2) is 9.00 Å². The maximum absolute atomic E-state index is 13.1. The van der Waals surface area contributed by atoms with Gasteiger partial charge in [-0.3, -0.25) is 9.59 Å².